The summed E-state index contributed by atoms with van der Waals surface area (Å²) in [6, 6.07) is 0. The molecule has 0 bridgehead atoms. The van der Waals surface area contributed by atoms with E-state index in [1.54, 1.807) is 0 Å². The van der Waals surface area contributed by atoms with Crippen molar-refractivity contribution in [1.29, 1.82) is 0 Å². The van der Waals surface area contributed by atoms with Gasteiger partial charge in [-0.3, -0.25) is 14.4 Å². The molecular formula is C23H34O6. The normalized spacial score (nSPS) is 48.6. The van der Waals surface area contributed by atoms with Crippen LogP contribution in [0.1, 0.15) is 72.6 Å². The van der Waals surface area contributed by atoms with Gasteiger partial charge in [0.15, 0.2) is 0 Å². The molecule has 0 radical (unpaired) electrons. The molecule has 1 aliphatic heterocycles. The Morgan fingerprint density at radius 1 is 1.10 bits per heavy atom. The lowest BCUT2D eigenvalue weighted by Crippen LogP contribution is -2.63. The second kappa shape index (κ2) is 6.71. The smallest absolute Gasteiger partial charge is 0.311 e. The fraction of sp³-hybridized carbons (Fsp3) is 0.870. The van der Waals surface area contributed by atoms with E-state index in [4.69, 9.17) is 14.2 Å². The van der Waals surface area contributed by atoms with Crippen LogP contribution in [0.4, 0.5) is 0 Å². The van der Waals surface area contributed by atoms with Gasteiger partial charge in [0.05, 0.1) is 12.5 Å². The largest absolute Gasteiger partial charge is 0.469 e. The van der Waals surface area contributed by atoms with Gasteiger partial charge in [0.2, 0.25) is 0 Å². The van der Waals surface area contributed by atoms with Crippen LogP contribution in [0.15, 0.2) is 0 Å². The highest BCUT2D eigenvalue weighted by Gasteiger charge is 2.65. The average Bonchev–Trinajstić information content (AvgIpc) is 2.64. The summed E-state index contributed by atoms with van der Waals surface area (Å²) in [5.41, 5.74) is -0.964. The van der Waals surface area contributed by atoms with E-state index >= 15 is 0 Å². The fourth-order valence-corrected chi connectivity index (χ4v) is 7.51. The number of carbonyl (C=O) groups is 3. The molecule has 4 rings (SSSR count). The number of hydrogen-bond donors (Lipinski definition) is 0. The molecular weight excluding hydrogens is 372 g/mol. The molecule has 8 atom stereocenters. The Labute approximate surface area is 173 Å². The van der Waals surface area contributed by atoms with Crippen molar-refractivity contribution in [2.75, 3.05) is 7.11 Å². The van der Waals surface area contributed by atoms with Gasteiger partial charge in [-0.1, -0.05) is 6.92 Å². The summed E-state index contributed by atoms with van der Waals surface area (Å²) >= 11 is 0. The molecule has 4 fully saturated rings. The lowest BCUT2D eigenvalue weighted by molar-refractivity contribution is -0.227. The molecule has 0 spiro atoms. The molecule has 4 aliphatic rings. The van der Waals surface area contributed by atoms with Gasteiger partial charge in [-0.25, -0.2) is 0 Å². The standard InChI is InChI=1S/C23H34O6/c1-13(24)29-21(2)8-9-22(3)14(12-21)10-17-19-15(22)6-7-23(4,20(26)27-5)16(19)11-18(25)28-17/h14-17,19H,6-12H2,1-5H3/t14-,15+,16+,17-,19?,21-,22+,23+/m1/s1. The van der Waals surface area contributed by atoms with E-state index in [-0.39, 0.29) is 41.3 Å². The second-order valence-corrected chi connectivity index (χ2v) is 10.7. The van der Waals surface area contributed by atoms with Crippen LogP contribution in [0, 0.1) is 34.5 Å². The molecule has 29 heavy (non-hydrogen) atoms. The highest BCUT2D eigenvalue weighted by molar-refractivity contribution is 5.79. The molecule has 0 N–H and O–H groups in total. The van der Waals surface area contributed by atoms with Gasteiger partial charge < -0.3 is 14.2 Å². The van der Waals surface area contributed by atoms with E-state index in [1.807, 2.05) is 13.8 Å². The Hall–Kier alpha value is -1.59. The minimum atomic E-state index is -0.627. The summed E-state index contributed by atoms with van der Waals surface area (Å²) in [6.45, 7) is 7.85. The number of rotatable bonds is 2. The lowest BCUT2D eigenvalue weighted by Gasteiger charge is -2.64. The van der Waals surface area contributed by atoms with Crippen LogP contribution in [0.25, 0.3) is 0 Å². The minimum absolute atomic E-state index is 0.0282. The molecule has 0 amide bonds. The van der Waals surface area contributed by atoms with Gasteiger partial charge in [-0.05, 0) is 75.5 Å². The Balaban J connectivity index is 1.67. The summed E-state index contributed by atoms with van der Waals surface area (Å²) in [7, 11) is 1.44. The van der Waals surface area contributed by atoms with Crippen molar-refractivity contribution < 1.29 is 28.6 Å². The summed E-state index contributed by atoms with van der Waals surface area (Å²) in [6.07, 6.45) is 5.26. The quantitative estimate of drug-likeness (QED) is 0.514. The third-order valence-electron chi connectivity index (χ3n) is 9.03. The zero-order chi connectivity index (χ0) is 21.2. The first-order valence-corrected chi connectivity index (χ1v) is 11.0. The number of methoxy groups -OCH3 is 1. The predicted octanol–water partition coefficient (Wildman–Crippen LogP) is 3.66. The van der Waals surface area contributed by atoms with Crippen LogP contribution in [0.2, 0.25) is 0 Å². The van der Waals surface area contributed by atoms with E-state index in [0.717, 1.165) is 38.5 Å². The molecule has 6 heteroatoms. The summed E-state index contributed by atoms with van der Waals surface area (Å²) in [4.78, 5) is 36.8. The van der Waals surface area contributed by atoms with Gasteiger partial charge >= 0.3 is 17.9 Å². The maximum atomic E-state index is 12.7. The number of esters is 3. The maximum absolute atomic E-state index is 12.7. The zero-order valence-corrected chi connectivity index (χ0v) is 18.3. The van der Waals surface area contributed by atoms with Gasteiger partial charge in [-0.2, -0.15) is 0 Å². The SMILES string of the molecule is COC(=O)[C@@]1(C)CC[C@H]2C3[C@@H](C[C@@H]4C[C@](C)(OC(C)=O)CC[C@@]42C)OC(=O)C[C@@H]31. The van der Waals surface area contributed by atoms with Crippen LogP contribution >= 0.6 is 0 Å². The van der Waals surface area contributed by atoms with Gasteiger partial charge in [0, 0.05) is 19.3 Å². The van der Waals surface area contributed by atoms with Crippen LogP contribution < -0.4 is 0 Å². The molecule has 1 unspecified atom stereocenters. The van der Waals surface area contributed by atoms with Crippen molar-refractivity contribution in [2.24, 2.45) is 34.5 Å². The third-order valence-corrected chi connectivity index (χ3v) is 9.03. The monoisotopic (exact) mass is 406 g/mol. The topological polar surface area (TPSA) is 78.9 Å². The number of fused-ring (bicyclic) bond motifs is 2. The highest BCUT2D eigenvalue weighted by Crippen LogP contribution is 2.66. The van der Waals surface area contributed by atoms with Gasteiger partial charge in [-0.15, -0.1) is 0 Å². The third kappa shape index (κ3) is 3.09. The fourth-order valence-electron chi connectivity index (χ4n) is 7.51. The van der Waals surface area contributed by atoms with E-state index in [2.05, 4.69) is 6.92 Å². The van der Waals surface area contributed by atoms with E-state index in [9.17, 15) is 14.4 Å². The molecule has 1 heterocycles. The Kier molecular flexibility index (Phi) is 4.78. The molecule has 0 aromatic rings. The molecule has 1 saturated heterocycles. The first kappa shape index (κ1) is 20.7. The number of ether oxygens (including phenoxy) is 3. The van der Waals surface area contributed by atoms with Crippen molar-refractivity contribution in [3.05, 3.63) is 0 Å². The summed E-state index contributed by atoms with van der Waals surface area (Å²) < 4.78 is 16.7. The predicted molar refractivity (Wildman–Crippen MR) is 105 cm³/mol. The molecule has 0 aromatic heterocycles. The average molecular weight is 407 g/mol. The highest BCUT2D eigenvalue weighted by atomic mass is 16.6. The van der Waals surface area contributed by atoms with Crippen molar-refractivity contribution in [1.82, 2.24) is 0 Å². The Morgan fingerprint density at radius 2 is 1.83 bits per heavy atom. The van der Waals surface area contributed by atoms with Crippen LogP contribution in [0.5, 0.6) is 0 Å². The van der Waals surface area contributed by atoms with Crippen molar-refractivity contribution in [3.8, 4) is 0 Å². The van der Waals surface area contributed by atoms with Crippen molar-refractivity contribution in [3.63, 3.8) is 0 Å². The Bertz CT molecular complexity index is 733. The first-order chi connectivity index (χ1) is 13.5. The lowest BCUT2D eigenvalue weighted by atomic mass is 9.42. The molecule has 3 aliphatic carbocycles. The summed E-state index contributed by atoms with van der Waals surface area (Å²) in [5.74, 6) is 0.275. The van der Waals surface area contributed by atoms with E-state index in [1.165, 1.54) is 14.0 Å². The summed E-state index contributed by atoms with van der Waals surface area (Å²) in [5, 5.41) is 0. The van der Waals surface area contributed by atoms with E-state index < -0.39 is 11.0 Å². The zero-order valence-electron chi connectivity index (χ0n) is 18.3. The van der Waals surface area contributed by atoms with Gasteiger partial charge in [0.25, 0.3) is 0 Å². The molecule has 3 saturated carbocycles. The van der Waals surface area contributed by atoms with Crippen molar-refractivity contribution in [2.45, 2.75) is 84.3 Å². The van der Waals surface area contributed by atoms with Crippen LogP contribution in [-0.2, 0) is 28.6 Å². The maximum Gasteiger partial charge on any atom is 0.311 e. The molecule has 0 aromatic carbocycles. The first-order valence-electron chi connectivity index (χ1n) is 11.0. The van der Waals surface area contributed by atoms with E-state index in [0.29, 0.717) is 18.3 Å². The van der Waals surface area contributed by atoms with Gasteiger partial charge in [0.1, 0.15) is 11.7 Å². The van der Waals surface area contributed by atoms with Crippen LogP contribution in [0.3, 0.4) is 0 Å². The Morgan fingerprint density at radius 3 is 2.48 bits per heavy atom. The molecule has 162 valence electrons. The minimum Gasteiger partial charge on any atom is -0.469 e. The number of carbonyl (C=O) groups excluding carboxylic acids is 3. The van der Waals surface area contributed by atoms with Crippen LogP contribution in [-0.4, -0.2) is 36.7 Å². The molecule has 6 nitrogen and oxygen atoms in total. The number of hydrogen-bond acceptors (Lipinski definition) is 6. The van der Waals surface area contributed by atoms with Crippen molar-refractivity contribution >= 4 is 17.9 Å². The second-order valence-electron chi connectivity index (χ2n) is 10.7.